The van der Waals surface area contributed by atoms with Gasteiger partial charge in [-0.15, -0.1) is 0 Å². The molecule has 2 amide bonds. The second-order valence-electron chi connectivity index (χ2n) is 7.11. The monoisotopic (exact) mass is 317 g/mol. The van der Waals surface area contributed by atoms with E-state index in [1.165, 1.54) is 12.8 Å². The SMILES string of the molecule is O=C(N[C@@H]1CCN(C(=O)C2CCCC2)C1)c1cc(C2CC2)on1. The van der Waals surface area contributed by atoms with Gasteiger partial charge in [-0.1, -0.05) is 18.0 Å². The predicted molar refractivity (Wildman–Crippen MR) is 82.9 cm³/mol. The van der Waals surface area contributed by atoms with E-state index in [-0.39, 0.29) is 23.8 Å². The summed E-state index contributed by atoms with van der Waals surface area (Å²) in [4.78, 5) is 26.6. The quantitative estimate of drug-likeness (QED) is 0.922. The van der Waals surface area contributed by atoms with Crippen molar-refractivity contribution in [2.75, 3.05) is 13.1 Å². The van der Waals surface area contributed by atoms with Crippen molar-refractivity contribution in [3.8, 4) is 0 Å². The smallest absolute Gasteiger partial charge is 0.273 e. The third-order valence-corrected chi connectivity index (χ3v) is 5.28. The Bertz CT molecular complexity index is 602. The van der Waals surface area contributed by atoms with Gasteiger partial charge in [0.05, 0.1) is 0 Å². The molecule has 1 saturated heterocycles. The largest absolute Gasteiger partial charge is 0.360 e. The van der Waals surface area contributed by atoms with Crippen molar-refractivity contribution in [3.05, 3.63) is 17.5 Å². The first-order valence-corrected chi connectivity index (χ1v) is 8.77. The van der Waals surface area contributed by atoms with Crippen LogP contribution in [0.15, 0.2) is 10.6 Å². The second-order valence-corrected chi connectivity index (χ2v) is 7.11. The van der Waals surface area contributed by atoms with Crippen LogP contribution in [-0.2, 0) is 4.79 Å². The zero-order valence-corrected chi connectivity index (χ0v) is 13.3. The Labute approximate surface area is 135 Å². The van der Waals surface area contributed by atoms with E-state index in [1.54, 1.807) is 6.07 Å². The zero-order chi connectivity index (χ0) is 15.8. The van der Waals surface area contributed by atoms with Crippen LogP contribution in [-0.4, -0.2) is 41.0 Å². The molecule has 4 rings (SSSR count). The number of rotatable bonds is 4. The first kappa shape index (κ1) is 14.7. The minimum absolute atomic E-state index is 0.0222. The van der Waals surface area contributed by atoms with Gasteiger partial charge in [0.25, 0.3) is 5.91 Å². The maximum Gasteiger partial charge on any atom is 0.273 e. The molecule has 124 valence electrons. The number of amides is 2. The van der Waals surface area contributed by atoms with Crippen molar-refractivity contribution in [2.24, 2.45) is 5.92 Å². The molecule has 23 heavy (non-hydrogen) atoms. The van der Waals surface area contributed by atoms with Crippen molar-refractivity contribution >= 4 is 11.8 Å². The van der Waals surface area contributed by atoms with Crippen molar-refractivity contribution in [1.29, 1.82) is 0 Å². The molecule has 2 aliphatic carbocycles. The fraction of sp³-hybridized carbons (Fsp3) is 0.706. The molecule has 0 spiro atoms. The van der Waals surface area contributed by atoms with E-state index in [4.69, 9.17) is 4.52 Å². The summed E-state index contributed by atoms with van der Waals surface area (Å²) < 4.78 is 5.23. The molecule has 0 aromatic carbocycles. The summed E-state index contributed by atoms with van der Waals surface area (Å²) in [5.74, 6) is 1.56. The first-order chi connectivity index (χ1) is 11.2. The molecule has 1 aromatic rings. The van der Waals surface area contributed by atoms with Crippen LogP contribution in [0.2, 0.25) is 0 Å². The van der Waals surface area contributed by atoms with E-state index in [2.05, 4.69) is 10.5 Å². The van der Waals surface area contributed by atoms with Crippen LogP contribution in [0.3, 0.4) is 0 Å². The lowest BCUT2D eigenvalue weighted by molar-refractivity contribution is -0.134. The van der Waals surface area contributed by atoms with Crippen molar-refractivity contribution in [1.82, 2.24) is 15.4 Å². The molecule has 2 heterocycles. The minimum atomic E-state index is -0.194. The fourth-order valence-electron chi connectivity index (χ4n) is 3.73. The van der Waals surface area contributed by atoms with Crippen molar-refractivity contribution in [3.63, 3.8) is 0 Å². The highest BCUT2D eigenvalue weighted by atomic mass is 16.5. The van der Waals surface area contributed by atoms with Crippen LogP contribution in [0, 0.1) is 5.92 Å². The van der Waals surface area contributed by atoms with Gasteiger partial charge in [0.15, 0.2) is 5.69 Å². The Hall–Kier alpha value is -1.85. The Balaban J connectivity index is 1.30. The highest BCUT2D eigenvalue weighted by Crippen LogP contribution is 2.40. The van der Waals surface area contributed by atoms with Crippen molar-refractivity contribution < 1.29 is 14.1 Å². The summed E-state index contributed by atoms with van der Waals surface area (Å²) in [6.45, 7) is 1.36. The lowest BCUT2D eigenvalue weighted by atomic mass is 10.1. The maximum absolute atomic E-state index is 12.4. The molecule has 0 bridgehead atoms. The second kappa shape index (κ2) is 5.98. The van der Waals surface area contributed by atoms with Gasteiger partial charge in [0, 0.05) is 37.0 Å². The van der Waals surface area contributed by atoms with Gasteiger partial charge in [0.1, 0.15) is 5.76 Å². The summed E-state index contributed by atoms with van der Waals surface area (Å²) in [6, 6.07) is 1.78. The molecule has 0 radical (unpaired) electrons. The van der Waals surface area contributed by atoms with Gasteiger partial charge in [-0.2, -0.15) is 0 Å². The third kappa shape index (κ3) is 3.12. The average Bonchev–Trinajstić information content (AvgIpc) is 3.04. The average molecular weight is 317 g/mol. The zero-order valence-electron chi connectivity index (χ0n) is 13.3. The van der Waals surface area contributed by atoms with Crippen LogP contribution in [0.1, 0.15) is 67.1 Å². The fourth-order valence-corrected chi connectivity index (χ4v) is 3.73. The molecule has 2 saturated carbocycles. The van der Waals surface area contributed by atoms with Gasteiger partial charge in [0.2, 0.25) is 5.91 Å². The lowest BCUT2D eigenvalue weighted by Crippen LogP contribution is -2.40. The molecular formula is C17H23N3O3. The summed E-state index contributed by atoms with van der Waals surface area (Å²) in [5, 5.41) is 6.86. The van der Waals surface area contributed by atoms with Crippen LogP contribution < -0.4 is 5.32 Å². The lowest BCUT2D eigenvalue weighted by Gasteiger charge is -2.20. The summed E-state index contributed by atoms with van der Waals surface area (Å²) >= 11 is 0. The third-order valence-electron chi connectivity index (χ3n) is 5.28. The van der Waals surface area contributed by atoms with Gasteiger partial charge in [-0.25, -0.2) is 0 Å². The van der Waals surface area contributed by atoms with Gasteiger partial charge >= 0.3 is 0 Å². The molecule has 3 fully saturated rings. The normalized spacial score (nSPS) is 25.0. The standard InChI is InChI=1S/C17H23N3O3/c21-16(14-9-15(23-19-14)11-5-6-11)18-13-7-8-20(10-13)17(22)12-3-1-2-4-12/h9,11-13H,1-8,10H2,(H,18,21)/t13-/m1/s1. The maximum atomic E-state index is 12.4. The molecule has 0 unspecified atom stereocenters. The van der Waals surface area contributed by atoms with Crippen LogP contribution >= 0.6 is 0 Å². The number of aromatic nitrogens is 1. The van der Waals surface area contributed by atoms with Gasteiger partial charge in [-0.05, 0) is 32.1 Å². The Morgan fingerprint density at radius 3 is 2.70 bits per heavy atom. The summed E-state index contributed by atoms with van der Waals surface area (Å²) in [5.41, 5.74) is 0.354. The molecule has 6 heteroatoms. The van der Waals surface area contributed by atoms with Gasteiger partial charge in [-0.3, -0.25) is 9.59 Å². The minimum Gasteiger partial charge on any atom is -0.360 e. The van der Waals surface area contributed by atoms with E-state index >= 15 is 0 Å². The number of nitrogens with one attached hydrogen (secondary N) is 1. The Morgan fingerprint density at radius 2 is 1.96 bits per heavy atom. The van der Waals surface area contributed by atoms with E-state index in [0.717, 1.165) is 44.4 Å². The molecule has 1 N–H and O–H groups in total. The van der Waals surface area contributed by atoms with Crippen LogP contribution in [0.4, 0.5) is 0 Å². The highest BCUT2D eigenvalue weighted by Gasteiger charge is 2.33. The van der Waals surface area contributed by atoms with E-state index in [0.29, 0.717) is 18.2 Å². The predicted octanol–water partition coefficient (Wildman–Crippen LogP) is 2.07. The number of hydrogen-bond donors (Lipinski definition) is 1. The van der Waals surface area contributed by atoms with E-state index in [1.807, 2.05) is 4.90 Å². The number of hydrogen-bond acceptors (Lipinski definition) is 4. The summed E-state index contributed by atoms with van der Waals surface area (Å²) in [7, 11) is 0. The van der Waals surface area contributed by atoms with E-state index in [9.17, 15) is 9.59 Å². The molecule has 1 aromatic heterocycles. The van der Waals surface area contributed by atoms with Crippen molar-refractivity contribution in [2.45, 2.75) is 56.9 Å². The number of carbonyl (C=O) groups is 2. The van der Waals surface area contributed by atoms with Gasteiger partial charge < -0.3 is 14.7 Å². The van der Waals surface area contributed by atoms with Crippen LogP contribution in [0.25, 0.3) is 0 Å². The first-order valence-electron chi connectivity index (χ1n) is 8.77. The molecule has 1 atom stereocenters. The number of nitrogens with zero attached hydrogens (tertiary/aromatic N) is 2. The Morgan fingerprint density at radius 1 is 1.17 bits per heavy atom. The molecule has 6 nitrogen and oxygen atoms in total. The molecule has 3 aliphatic rings. The number of carbonyl (C=O) groups excluding carboxylic acids is 2. The molecular weight excluding hydrogens is 294 g/mol. The highest BCUT2D eigenvalue weighted by molar-refractivity contribution is 5.92. The molecule has 1 aliphatic heterocycles. The Kier molecular flexibility index (Phi) is 3.83. The van der Waals surface area contributed by atoms with E-state index < -0.39 is 0 Å². The topological polar surface area (TPSA) is 75.4 Å². The van der Waals surface area contributed by atoms with Crippen LogP contribution in [0.5, 0.6) is 0 Å². The summed E-state index contributed by atoms with van der Waals surface area (Å²) in [6.07, 6.45) is 7.44. The number of likely N-dealkylation sites (tertiary alicyclic amines) is 1.